The molecule has 2 aliphatic rings. The summed E-state index contributed by atoms with van der Waals surface area (Å²) in [6.45, 7) is 6.89. The normalized spacial score (nSPS) is 23.7. The number of likely N-dealkylation sites (tertiary alicyclic amines) is 1. The number of fused-ring (bicyclic) bond motifs is 1. The van der Waals surface area contributed by atoms with Crippen molar-refractivity contribution in [1.82, 2.24) is 19.8 Å². The van der Waals surface area contributed by atoms with E-state index in [0.29, 0.717) is 25.4 Å². The van der Waals surface area contributed by atoms with Gasteiger partial charge in [-0.05, 0) is 49.1 Å². The van der Waals surface area contributed by atoms with Gasteiger partial charge in [0.2, 0.25) is 0 Å². The van der Waals surface area contributed by atoms with Gasteiger partial charge >= 0.3 is 0 Å². The second kappa shape index (κ2) is 8.72. The highest BCUT2D eigenvalue weighted by molar-refractivity contribution is 5.92. The van der Waals surface area contributed by atoms with Crippen molar-refractivity contribution in [2.75, 3.05) is 26.2 Å². The number of benzene rings is 2. The molecule has 1 amide bonds. The Morgan fingerprint density at radius 1 is 1.24 bits per heavy atom. The van der Waals surface area contributed by atoms with Crippen LogP contribution in [0.2, 0.25) is 0 Å². The van der Waals surface area contributed by atoms with Crippen molar-refractivity contribution < 1.29 is 13.9 Å². The van der Waals surface area contributed by atoms with E-state index in [2.05, 4.69) is 24.1 Å². The van der Waals surface area contributed by atoms with Crippen molar-refractivity contribution in [2.45, 2.75) is 38.0 Å². The molecule has 5 rings (SSSR count). The van der Waals surface area contributed by atoms with Crippen LogP contribution in [-0.2, 0) is 4.74 Å². The second-order valence-corrected chi connectivity index (χ2v) is 9.14. The van der Waals surface area contributed by atoms with Crippen molar-refractivity contribution in [2.24, 2.45) is 0 Å². The van der Waals surface area contributed by atoms with Crippen LogP contribution in [0, 0.1) is 5.82 Å². The number of aromatic nitrogens is 2. The van der Waals surface area contributed by atoms with Gasteiger partial charge in [-0.25, -0.2) is 9.37 Å². The standard InChI is InChI=1S/C26H29FN4O2/c1-18(21-5-3-4-6-22(21)19-7-9-20(27)10-8-19)31-17-28-15-23(31)25(32)30-13-11-24-26(2,16-30)33-14-12-29-24/h3-10,15,17-18,24,29H,11-14,16H2,1-2H3/t18-,24?,26?/m0/s1. The Kier molecular flexibility index (Phi) is 5.76. The van der Waals surface area contributed by atoms with E-state index < -0.39 is 0 Å². The Labute approximate surface area is 193 Å². The molecule has 0 saturated carbocycles. The van der Waals surface area contributed by atoms with Crippen LogP contribution >= 0.6 is 0 Å². The zero-order chi connectivity index (χ0) is 23.0. The van der Waals surface area contributed by atoms with E-state index in [1.807, 2.05) is 33.7 Å². The summed E-state index contributed by atoms with van der Waals surface area (Å²) in [7, 11) is 0. The first kappa shape index (κ1) is 21.8. The van der Waals surface area contributed by atoms with Gasteiger partial charge in [0.05, 0.1) is 37.3 Å². The molecular weight excluding hydrogens is 419 g/mol. The topological polar surface area (TPSA) is 59.4 Å². The number of carbonyl (C=O) groups excluding carboxylic acids is 1. The average molecular weight is 449 g/mol. The molecule has 2 unspecified atom stereocenters. The molecule has 3 heterocycles. The molecule has 1 aromatic heterocycles. The Hall–Kier alpha value is -3.03. The zero-order valence-corrected chi connectivity index (χ0v) is 19.0. The molecule has 3 atom stereocenters. The average Bonchev–Trinajstić information content (AvgIpc) is 3.33. The van der Waals surface area contributed by atoms with E-state index in [0.717, 1.165) is 29.7 Å². The van der Waals surface area contributed by atoms with Crippen LogP contribution in [0.5, 0.6) is 0 Å². The summed E-state index contributed by atoms with van der Waals surface area (Å²) in [6, 6.07) is 14.7. The summed E-state index contributed by atoms with van der Waals surface area (Å²) in [6.07, 6.45) is 4.22. The van der Waals surface area contributed by atoms with Gasteiger partial charge in [-0.1, -0.05) is 36.4 Å². The molecule has 0 aliphatic carbocycles. The lowest BCUT2D eigenvalue weighted by Crippen LogP contribution is -2.65. The Balaban J connectivity index is 1.43. The van der Waals surface area contributed by atoms with Crippen LogP contribution in [0.4, 0.5) is 4.39 Å². The van der Waals surface area contributed by atoms with Gasteiger partial charge in [-0.2, -0.15) is 0 Å². The quantitative estimate of drug-likeness (QED) is 0.658. The number of rotatable bonds is 4. The number of amides is 1. The molecule has 6 nitrogen and oxygen atoms in total. The Morgan fingerprint density at radius 2 is 2.03 bits per heavy atom. The summed E-state index contributed by atoms with van der Waals surface area (Å²) in [5.41, 5.74) is 3.16. The minimum Gasteiger partial charge on any atom is -0.370 e. The van der Waals surface area contributed by atoms with E-state index in [1.165, 1.54) is 12.1 Å². The van der Waals surface area contributed by atoms with Crippen molar-refractivity contribution in [3.8, 4) is 11.1 Å². The minimum atomic E-state index is -0.377. The van der Waals surface area contributed by atoms with Crippen LogP contribution < -0.4 is 5.32 Å². The van der Waals surface area contributed by atoms with Gasteiger partial charge in [0.15, 0.2) is 0 Å². The number of morpholine rings is 1. The highest BCUT2D eigenvalue weighted by atomic mass is 19.1. The molecule has 2 saturated heterocycles. The van der Waals surface area contributed by atoms with Gasteiger partial charge in [0.25, 0.3) is 5.91 Å². The van der Waals surface area contributed by atoms with Gasteiger partial charge in [-0.3, -0.25) is 4.79 Å². The van der Waals surface area contributed by atoms with Crippen molar-refractivity contribution >= 4 is 5.91 Å². The molecule has 0 radical (unpaired) electrons. The zero-order valence-electron chi connectivity index (χ0n) is 19.0. The summed E-state index contributed by atoms with van der Waals surface area (Å²) >= 11 is 0. The highest BCUT2D eigenvalue weighted by Crippen LogP contribution is 2.32. The minimum absolute atomic E-state index is 0.0348. The first-order valence-corrected chi connectivity index (χ1v) is 11.5. The molecule has 1 N–H and O–H groups in total. The lowest BCUT2D eigenvalue weighted by molar-refractivity contribution is -0.114. The fourth-order valence-corrected chi connectivity index (χ4v) is 5.16. The van der Waals surface area contributed by atoms with E-state index in [4.69, 9.17) is 4.74 Å². The lowest BCUT2D eigenvalue weighted by Gasteiger charge is -2.48. The van der Waals surface area contributed by atoms with Crippen LogP contribution in [0.25, 0.3) is 11.1 Å². The number of halogens is 1. The van der Waals surface area contributed by atoms with E-state index in [9.17, 15) is 9.18 Å². The maximum Gasteiger partial charge on any atom is 0.272 e. The van der Waals surface area contributed by atoms with Gasteiger partial charge in [0, 0.05) is 19.1 Å². The molecule has 2 aromatic carbocycles. The third-order valence-corrected chi connectivity index (χ3v) is 7.01. The monoisotopic (exact) mass is 448 g/mol. The molecule has 2 fully saturated rings. The molecule has 33 heavy (non-hydrogen) atoms. The first-order valence-electron chi connectivity index (χ1n) is 11.5. The summed E-state index contributed by atoms with van der Waals surface area (Å²) in [5, 5.41) is 3.53. The second-order valence-electron chi connectivity index (χ2n) is 9.14. The number of carbonyl (C=O) groups is 1. The maximum atomic E-state index is 13.6. The number of nitrogens with zero attached hydrogens (tertiary/aromatic N) is 3. The highest BCUT2D eigenvalue weighted by Gasteiger charge is 2.44. The molecule has 0 spiro atoms. The van der Waals surface area contributed by atoms with Crippen molar-refractivity contribution in [3.63, 3.8) is 0 Å². The van der Waals surface area contributed by atoms with Crippen molar-refractivity contribution in [1.29, 1.82) is 0 Å². The van der Waals surface area contributed by atoms with E-state index in [1.54, 1.807) is 24.7 Å². The number of hydrogen-bond acceptors (Lipinski definition) is 4. The molecule has 172 valence electrons. The molecule has 3 aromatic rings. The van der Waals surface area contributed by atoms with Crippen LogP contribution in [0.15, 0.2) is 61.1 Å². The molecular formula is C26H29FN4O2. The summed E-state index contributed by atoms with van der Waals surface area (Å²) in [5.74, 6) is -0.297. The number of nitrogens with one attached hydrogen (secondary N) is 1. The van der Waals surface area contributed by atoms with Gasteiger partial charge < -0.3 is 19.5 Å². The molecule has 2 aliphatic heterocycles. The molecule has 7 heteroatoms. The summed E-state index contributed by atoms with van der Waals surface area (Å²) in [4.78, 5) is 19.8. The third kappa shape index (κ3) is 4.07. The number of imidazole rings is 1. The first-order chi connectivity index (χ1) is 16.0. The van der Waals surface area contributed by atoms with Crippen LogP contribution in [0.3, 0.4) is 0 Å². The van der Waals surface area contributed by atoms with Crippen molar-refractivity contribution in [3.05, 3.63) is 78.1 Å². The van der Waals surface area contributed by atoms with E-state index in [-0.39, 0.29) is 29.4 Å². The van der Waals surface area contributed by atoms with Gasteiger partial charge in [0.1, 0.15) is 11.5 Å². The molecule has 0 bridgehead atoms. The van der Waals surface area contributed by atoms with Crippen LogP contribution in [0.1, 0.15) is 42.4 Å². The fourth-order valence-electron chi connectivity index (χ4n) is 5.16. The third-order valence-electron chi connectivity index (χ3n) is 7.01. The number of ether oxygens (including phenoxy) is 1. The predicted molar refractivity (Wildman–Crippen MR) is 125 cm³/mol. The maximum absolute atomic E-state index is 13.6. The Morgan fingerprint density at radius 3 is 2.85 bits per heavy atom. The number of hydrogen-bond donors (Lipinski definition) is 1. The summed E-state index contributed by atoms with van der Waals surface area (Å²) < 4.78 is 21.5. The van der Waals surface area contributed by atoms with Gasteiger partial charge in [-0.15, -0.1) is 0 Å². The predicted octanol–water partition coefficient (Wildman–Crippen LogP) is 3.89. The SMILES string of the molecule is C[C@@H](c1ccccc1-c1ccc(F)cc1)n1cncc1C(=O)N1CCC2NCCOC2(C)C1. The number of piperidine rings is 1. The fraction of sp³-hybridized carbons (Fsp3) is 0.385. The Bertz CT molecular complexity index is 1150. The smallest absolute Gasteiger partial charge is 0.272 e. The van der Waals surface area contributed by atoms with Crippen LogP contribution in [-0.4, -0.2) is 58.2 Å². The largest absolute Gasteiger partial charge is 0.370 e. The van der Waals surface area contributed by atoms with E-state index >= 15 is 0 Å². The lowest BCUT2D eigenvalue weighted by atomic mass is 9.87.